The summed E-state index contributed by atoms with van der Waals surface area (Å²) in [5.74, 6) is 0.119. The van der Waals surface area contributed by atoms with E-state index >= 15 is 0 Å². The van der Waals surface area contributed by atoms with E-state index in [-0.39, 0.29) is 41.0 Å². The summed E-state index contributed by atoms with van der Waals surface area (Å²) in [5.41, 5.74) is 1.73. The van der Waals surface area contributed by atoms with E-state index < -0.39 is 13.4 Å². The van der Waals surface area contributed by atoms with Crippen LogP contribution in [0, 0.1) is 17.3 Å². The number of piperazine rings is 1. The zero-order valence-electron chi connectivity index (χ0n) is 24.8. The first-order valence-electron chi connectivity index (χ1n) is 14.6. The maximum absolute atomic E-state index is 14.0. The molecule has 2 aliphatic rings. The van der Waals surface area contributed by atoms with Gasteiger partial charge in [0.25, 0.3) is 0 Å². The number of carbonyl (C=O) groups is 1. The average molecular weight is 574 g/mol. The van der Waals surface area contributed by atoms with E-state index in [1.807, 2.05) is 30.3 Å². The van der Waals surface area contributed by atoms with Crippen LogP contribution >= 0.6 is 0 Å². The van der Waals surface area contributed by atoms with Crippen molar-refractivity contribution >= 4 is 13.0 Å². The Bertz CT molecular complexity index is 1130. The Morgan fingerprint density at radius 1 is 0.951 bits per heavy atom. The molecule has 0 spiro atoms. The number of hydrogen-bond donors (Lipinski definition) is 1. The lowest BCUT2D eigenvalue weighted by Crippen LogP contribution is -2.61. The fourth-order valence-corrected chi connectivity index (χ4v) is 6.40. The summed E-state index contributed by atoms with van der Waals surface area (Å²) >= 11 is 0. The molecule has 6 nitrogen and oxygen atoms in total. The van der Waals surface area contributed by atoms with E-state index in [0.29, 0.717) is 19.6 Å². The van der Waals surface area contributed by atoms with Crippen LogP contribution in [0.4, 0.5) is 13.2 Å². The van der Waals surface area contributed by atoms with E-state index in [9.17, 15) is 23.0 Å². The van der Waals surface area contributed by atoms with Gasteiger partial charge in [0.15, 0.2) is 0 Å². The molecule has 224 valence electrons. The van der Waals surface area contributed by atoms with E-state index in [0.717, 1.165) is 37.1 Å². The SMILES string of the molecule is CB(O)N1CCC(C(C)C(=O)N2CCN(C(c3ccccc3)c3ccc(OC(F)(F)F)cc3)C[C@@H]2C(C)(C)C)CC1. The molecule has 1 amide bonds. The number of rotatable bonds is 7. The number of benzene rings is 2. The molecule has 2 fully saturated rings. The predicted molar refractivity (Wildman–Crippen MR) is 155 cm³/mol. The van der Waals surface area contributed by atoms with Gasteiger partial charge in [-0.2, -0.15) is 0 Å². The van der Waals surface area contributed by atoms with Crippen molar-refractivity contribution < 1.29 is 27.7 Å². The van der Waals surface area contributed by atoms with Crippen molar-refractivity contribution in [1.82, 2.24) is 14.6 Å². The quantitative estimate of drug-likeness (QED) is 0.432. The lowest BCUT2D eigenvalue weighted by atomic mass is 9.77. The van der Waals surface area contributed by atoms with Crippen molar-refractivity contribution in [2.24, 2.45) is 17.3 Å². The smallest absolute Gasteiger partial charge is 0.437 e. The normalized spacial score (nSPS) is 21.4. The van der Waals surface area contributed by atoms with Gasteiger partial charge < -0.3 is 19.5 Å². The van der Waals surface area contributed by atoms with E-state index in [1.54, 1.807) is 19.0 Å². The summed E-state index contributed by atoms with van der Waals surface area (Å²) in [6.45, 7) is 13.8. The van der Waals surface area contributed by atoms with Crippen molar-refractivity contribution in [3.8, 4) is 5.75 Å². The summed E-state index contributed by atoms with van der Waals surface area (Å²) < 4.78 is 42.4. The minimum absolute atomic E-state index is 0.0391. The second-order valence-electron chi connectivity index (χ2n) is 12.6. The Hall–Kier alpha value is -2.56. The van der Waals surface area contributed by atoms with E-state index in [2.05, 4.69) is 47.0 Å². The van der Waals surface area contributed by atoms with Gasteiger partial charge in [-0.25, -0.2) is 0 Å². The van der Waals surface area contributed by atoms with Crippen LogP contribution in [0.5, 0.6) is 5.75 Å². The van der Waals surface area contributed by atoms with Gasteiger partial charge in [-0.1, -0.05) is 70.2 Å². The molecule has 3 atom stereocenters. The Kier molecular flexibility index (Phi) is 9.76. The molecule has 1 N–H and O–H groups in total. The van der Waals surface area contributed by atoms with E-state index in [1.165, 1.54) is 12.1 Å². The van der Waals surface area contributed by atoms with Crippen LogP contribution in [0.2, 0.25) is 6.82 Å². The Morgan fingerprint density at radius 3 is 2.07 bits per heavy atom. The number of halogens is 3. The number of alkyl halides is 3. The van der Waals surface area contributed by atoms with Crippen LogP contribution in [0.3, 0.4) is 0 Å². The maximum atomic E-state index is 14.0. The third-order valence-electron chi connectivity index (χ3n) is 8.80. The third kappa shape index (κ3) is 7.84. The lowest BCUT2D eigenvalue weighted by molar-refractivity contribution is -0.274. The molecule has 0 radical (unpaired) electrons. The molecule has 2 aromatic rings. The third-order valence-corrected chi connectivity index (χ3v) is 8.80. The van der Waals surface area contributed by atoms with Crippen molar-refractivity contribution in [3.05, 3.63) is 65.7 Å². The summed E-state index contributed by atoms with van der Waals surface area (Å²) in [6, 6.07) is 15.9. The van der Waals surface area contributed by atoms with Gasteiger partial charge in [0.1, 0.15) is 5.75 Å². The molecule has 2 saturated heterocycles. The molecule has 0 saturated carbocycles. The highest BCUT2D eigenvalue weighted by molar-refractivity contribution is 6.45. The second kappa shape index (κ2) is 12.8. The molecule has 2 aromatic carbocycles. The lowest BCUT2D eigenvalue weighted by Gasteiger charge is -2.50. The monoisotopic (exact) mass is 573 g/mol. The van der Waals surface area contributed by atoms with E-state index in [4.69, 9.17) is 0 Å². The molecule has 10 heteroatoms. The summed E-state index contributed by atoms with van der Waals surface area (Å²) in [7, 11) is -0.466. The summed E-state index contributed by atoms with van der Waals surface area (Å²) in [4.78, 5) is 20.4. The number of nitrogens with zero attached hydrogens (tertiary/aromatic N) is 3. The first-order chi connectivity index (χ1) is 19.2. The number of hydrogen-bond acceptors (Lipinski definition) is 5. The van der Waals surface area contributed by atoms with Crippen molar-refractivity contribution in [2.75, 3.05) is 32.7 Å². The second-order valence-corrected chi connectivity index (χ2v) is 12.6. The molecule has 0 aromatic heterocycles. The molecule has 4 rings (SSSR count). The van der Waals surface area contributed by atoms with Gasteiger partial charge in [0.2, 0.25) is 5.91 Å². The van der Waals surface area contributed by atoms with Gasteiger partial charge in [-0.3, -0.25) is 9.69 Å². The van der Waals surface area contributed by atoms with Crippen LogP contribution in [-0.4, -0.2) is 77.7 Å². The van der Waals surface area contributed by atoms with Gasteiger partial charge in [0, 0.05) is 31.6 Å². The minimum Gasteiger partial charge on any atom is -0.437 e. The molecular formula is C31H43BF3N3O3. The fraction of sp³-hybridized carbons (Fsp3) is 0.581. The van der Waals surface area contributed by atoms with Crippen LogP contribution in [0.15, 0.2) is 54.6 Å². The van der Waals surface area contributed by atoms with Gasteiger partial charge in [-0.15, -0.1) is 13.2 Å². The van der Waals surface area contributed by atoms with Crippen molar-refractivity contribution in [1.29, 1.82) is 0 Å². The molecule has 0 aliphatic carbocycles. The van der Waals surface area contributed by atoms with Gasteiger partial charge >= 0.3 is 13.4 Å². The predicted octanol–water partition coefficient (Wildman–Crippen LogP) is 5.69. The molecule has 2 unspecified atom stereocenters. The highest BCUT2D eigenvalue weighted by Gasteiger charge is 2.43. The standard InChI is InChI=1S/C31H43BF3N3O3/c1-22(23-15-17-37(18-16-23)32(5)40)29(39)38-20-19-36(21-27(38)30(2,3)4)28(24-9-7-6-8-10-24)25-11-13-26(14-12-25)41-31(33,34)35/h6-14,22-23,27-28,40H,15-21H2,1-5H3/t22?,27-,28?/m1/s1. The van der Waals surface area contributed by atoms with Gasteiger partial charge in [-0.05, 0) is 67.3 Å². The molecule has 0 bridgehead atoms. The topological polar surface area (TPSA) is 56.2 Å². The average Bonchev–Trinajstić information content (AvgIpc) is 2.92. The van der Waals surface area contributed by atoms with Crippen LogP contribution in [-0.2, 0) is 4.79 Å². The molecule has 2 aliphatic heterocycles. The zero-order valence-corrected chi connectivity index (χ0v) is 24.8. The van der Waals surface area contributed by atoms with Crippen molar-refractivity contribution in [2.45, 2.75) is 65.8 Å². The van der Waals surface area contributed by atoms with Crippen LogP contribution < -0.4 is 4.74 Å². The Balaban J connectivity index is 1.55. The van der Waals surface area contributed by atoms with Gasteiger partial charge in [0.05, 0.1) is 6.04 Å². The highest BCUT2D eigenvalue weighted by atomic mass is 19.4. The molecular weight excluding hydrogens is 530 g/mol. The molecule has 2 heterocycles. The zero-order chi connectivity index (χ0) is 29.9. The number of ether oxygens (including phenoxy) is 1. The minimum atomic E-state index is -4.74. The first-order valence-corrected chi connectivity index (χ1v) is 14.6. The number of piperidine rings is 1. The summed E-state index contributed by atoms with van der Waals surface area (Å²) in [5, 5.41) is 9.93. The number of carbonyl (C=O) groups excluding carboxylic acids is 1. The maximum Gasteiger partial charge on any atom is 0.573 e. The highest BCUT2D eigenvalue weighted by Crippen LogP contribution is 2.37. The van der Waals surface area contributed by atoms with Crippen molar-refractivity contribution in [3.63, 3.8) is 0 Å². The largest absolute Gasteiger partial charge is 0.573 e. The summed E-state index contributed by atoms with van der Waals surface area (Å²) in [6.07, 6.45) is -2.96. The number of amides is 1. The van der Waals surface area contributed by atoms with Crippen LogP contribution in [0.1, 0.15) is 57.7 Å². The Labute approximate surface area is 242 Å². The molecule has 41 heavy (non-hydrogen) atoms. The first kappa shape index (κ1) is 31.4. The fourth-order valence-electron chi connectivity index (χ4n) is 6.40. The Morgan fingerprint density at radius 2 is 1.54 bits per heavy atom. The van der Waals surface area contributed by atoms with Crippen LogP contribution in [0.25, 0.3) is 0 Å².